The second kappa shape index (κ2) is 7.75. The van der Waals surface area contributed by atoms with Crippen molar-refractivity contribution < 1.29 is 33.6 Å². The number of hydrogen-bond donors (Lipinski definition) is 2. The molecule has 0 spiro atoms. The van der Waals surface area contributed by atoms with Crippen LogP contribution in [0.2, 0.25) is 0 Å². The zero-order valence-corrected chi connectivity index (χ0v) is 16.4. The van der Waals surface area contributed by atoms with Crippen molar-refractivity contribution in [1.82, 2.24) is 5.32 Å². The Labute approximate surface area is 162 Å². The molecule has 1 amide bonds. The van der Waals surface area contributed by atoms with Gasteiger partial charge in [0.1, 0.15) is 0 Å². The van der Waals surface area contributed by atoms with Crippen molar-refractivity contribution in [3.8, 4) is 34.5 Å². The van der Waals surface area contributed by atoms with E-state index in [1.807, 2.05) is 0 Å². The number of rotatable bonds is 6. The molecule has 8 heteroatoms. The van der Waals surface area contributed by atoms with Crippen LogP contribution in [0, 0.1) is 0 Å². The van der Waals surface area contributed by atoms with Gasteiger partial charge in [-0.1, -0.05) is 0 Å². The normalized spacial score (nSPS) is 15.3. The van der Waals surface area contributed by atoms with Crippen LogP contribution in [0.5, 0.6) is 34.5 Å². The first-order valence-corrected chi connectivity index (χ1v) is 8.54. The molecule has 1 aliphatic heterocycles. The Morgan fingerprint density at radius 2 is 1.43 bits per heavy atom. The summed E-state index contributed by atoms with van der Waals surface area (Å²) in [6.07, 6.45) is 0. The molecule has 150 valence electrons. The highest BCUT2D eigenvalue weighted by molar-refractivity contribution is 5.90. The van der Waals surface area contributed by atoms with Gasteiger partial charge in [-0.2, -0.15) is 0 Å². The molecule has 0 fully saturated rings. The summed E-state index contributed by atoms with van der Waals surface area (Å²) in [4.78, 5) is 12.8. The van der Waals surface area contributed by atoms with Crippen LogP contribution in [0.4, 0.5) is 0 Å². The van der Waals surface area contributed by atoms with Crippen LogP contribution in [0.15, 0.2) is 18.2 Å². The van der Waals surface area contributed by atoms with Crippen LogP contribution in [0.1, 0.15) is 22.6 Å². The third kappa shape index (κ3) is 3.00. The van der Waals surface area contributed by atoms with E-state index in [1.165, 1.54) is 35.5 Å². The van der Waals surface area contributed by atoms with Crippen molar-refractivity contribution in [2.24, 2.45) is 0 Å². The van der Waals surface area contributed by atoms with Gasteiger partial charge in [-0.3, -0.25) is 4.79 Å². The average Bonchev–Trinajstić information content (AvgIpc) is 2.72. The summed E-state index contributed by atoms with van der Waals surface area (Å²) in [5, 5.41) is 13.1. The van der Waals surface area contributed by atoms with Crippen molar-refractivity contribution in [1.29, 1.82) is 0 Å². The minimum Gasteiger partial charge on any atom is -0.502 e. The number of fused-ring (bicyclic) bond motifs is 1. The van der Waals surface area contributed by atoms with E-state index in [4.69, 9.17) is 23.7 Å². The molecule has 0 bridgehead atoms. The third-order valence-electron chi connectivity index (χ3n) is 4.82. The molecule has 0 saturated carbocycles. The Morgan fingerprint density at radius 1 is 0.857 bits per heavy atom. The molecule has 0 saturated heterocycles. The number of phenols is 1. The lowest BCUT2D eigenvalue weighted by Gasteiger charge is -2.29. The first-order valence-electron chi connectivity index (χ1n) is 8.54. The van der Waals surface area contributed by atoms with E-state index >= 15 is 0 Å². The average molecular weight is 389 g/mol. The van der Waals surface area contributed by atoms with E-state index in [2.05, 4.69) is 5.32 Å². The Hall–Kier alpha value is -3.29. The predicted octanol–water partition coefficient (Wildman–Crippen LogP) is 2.20. The summed E-state index contributed by atoms with van der Waals surface area (Å²) in [6, 6.07) is 4.99. The number of aromatic hydroxyl groups is 1. The fourth-order valence-electron chi connectivity index (χ4n) is 3.50. The van der Waals surface area contributed by atoms with Gasteiger partial charge in [-0.05, 0) is 29.3 Å². The summed E-state index contributed by atoms with van der Waals surface area (Å²) in [6.45, 7) is 0.292. The molecule has 2 N–H and O–H groups in total. The van der Waals surface area contributed by atoms with Crippen LogP contribution < -0.4 is 29.0 Å². The van der Waals surface area contributed by atoms with Gasteiger partial charge in [0.15, 0.2) is 23.0 Å². The third-order valence-corrected chi connectivity index (χ3v) is 4.82. The van der Waals surface area contributed by atoms with Gasteiger partial charge in [0.2, 0.25) is 17.4 Å². The van der Waals surface area contributed by atoms with Crippen molar-refractivity contribution in [2.45, 2.75) is 12.5 Å². The maximum absolute atomic E-state index is 12.8. The molecular weight excluding hydrogens is 366 g/mol. The van der Waals surface area contributed by atoms with E-state index in [0.717, 1.165) is 5.56 Å². The molecule has 0 aromatic heterocycles. The number of methoxy groups -OCH3 is 5. The monoisotopic (exact) mass is 389 g/mol. The van der Waals surface area contributed by atoms with Gasteiger partial charge >= 0.3 is 0 Å². The first kappa shape index (κ1) is 19.5. The largest absolute Gasteiger partial charge is 0.502 e. The fourth-order valence-corrected chi connectivity index (χ4v) is 3.50. The lowest BCUT2D eigenvalue weighted by Crippen LogP contribution is -2.35. The summed E-state index contributed by atoms with van der Waals surface area (Å²) < 4.78 is 26.9. The number of hydrogen-bond acceptors (Lipinski definition) is 7. The fraction of sp³-hybridized carbons (Fsp3) is 0.350. The Kier molecular flexibility index (Phi) is 5.39. The predicted molar refractivity (Wildman–Crippen MR) is 101 cm³/mol. The second-order valence-electron chi connectivity index (χ2n) is 6.14. The van der Waals surface area contributed by atoms with E-state index in [-0.39, 0.29) is 23.2 Å². The van der Waals surface area contributed by atoms with Gasteiger partial charge in [0, 0.05) is 12.1 Å². The van der Waals surface area contributed by atoms with E-state index in [0.29, 0.717) is 34.9 Å². The van der Waals surface area contributed by atoms with E-state index in [1.54, 1.807) is 18.2 Å². The Balaban J connectivity index is 2.27. The van der Waals surface area contributed by atoms with Crippen LogP contribution in [0.25, 0.3) is 0 Å². The topological polar surface area (TPSA) is 95.5 Å². The zero-order valence-electron chi connectivity index (χ0n) is 16.4. The van der Waals surface area contributed by atoms with Crippen LogP contribution in [0.3, 0.4) is 0 Å². The van der Waals surface area contributed by atoms with Gasteiger partial charge in [-0.25, -0.2) is 0 Å². The molecule has 2 aromatic rings. The lowest BCUT2D eigenvalue weighted by atomic mass is 9.83. The highest BCUT2D eigenvalue weighted by Crippen LogP contribution is 2.48. The highest BCUT2D eigenvalue weighted by atomic mass is 16.5. The number of benzene rings is 2. The van der Waals surface area contributed by atoms with Crippen molar-refractivity contribution in [3.05, 3.63) is 34.9 Å². The summed E-state index contributed by atoms with van der Waals surface area (Å²) >= 11 is 0. The number of ether oxygens (including phenoxy) is 5. The standard InChI is InChI=1S/C20H23NO7/c1-24-13-6-10(7-14(25-2)17(13)22)16-11-8-15(26-3)19(28-5)18(27-4)12(11)9-21-20(16)23/h6-8,16,22H,9H2,1-5H3,(H,21,23). The zero-order chi connectivity index (χ0) is 20.4. The smallest absolute Gasteiger partial charge is 0.232 e. The van der Waals surface area contributed by atoms with Crippen molar-refractivity contribution in [3.63, 3.8) is 0 Å². The molecule has 1 heterocycles. The molecular formula is C20H23NO7. The Morgan fingerprint density at radius 3 is 1.93 bits per heavy atom. The molecule has 2 aromatic carbocycles. The van der Waals surface area contributed by atoms with Gasteiger partial charge < -0.3 is 34.1 Å². The van der Waals surface area contributed by atoms with Crippen LogP contribution in [-0.4, -0.2) is 46.6 Å². The minimum atomic E-state index is -0.680. The Bertz CT molecular complexity index is 885. The number of amides is 1. The maximum atomic E-state index is 12.8. The number of carbonyl (C=O) groups is 1. The molecule has 3 rings (SSSR count). The van der Waals surface area contributed by atoms with Gasteiger partial charge in [0.25, 0.3) is 0 Å². The minimum absolute atomic E-state index is 0.130. The quantitative estimate of drug-likeness (QED) is 0.782. The molecule has 1 unspecified atom stereocenters. The first-order chi connectivity index (χ1) is 13.5. The molecule has 1 atom stereocenters. The summed E-state index contributed by atoms with van der Waals surface area (Å²) in [5.74, 6) is 0.825. The van der Waals surface area contributed by atoms with Gasteiger partial charge in [0.05, 0.1) is 41.5 Å². The lowest BCUT2D eigenvalue weighted by molar-refractivity contribution is -0.122. The summed E-state index contributed by atoms with van der Waals surface area (Å²) in [7, 11) is 7.46. The van der Waals surface area contributed by atoms with Crippen molar-refractivity contribution >= 4 is 5.91 Å². The molecule has 0 aliphatic carbocycles. The highest BCUT2D eigenvalue weighted by Gasteiger charge is 2.35. The van der Waals surface area contributed by atoms with Crippen molar-refractivity contribution in [2.75, 3.05) is 35.5 Å². The van der Waals surface area contributed by atoms with Crippen LogP contribution in [-0.2, 0) is 11.3 Å². The molecule has 8 nitrogen and oxygen atoms in total. The van der Waals surface area contributed by atoms with E-state index in [9.17, 15) is 9.90 Å². The number of nitrogens with one attached hydrogen (secondary N) is 1. The van der Waals surface area contributed by atoms with Crippen LogP contribution >= 0.6 is 0 Å². The molecule has 28 heavy (non-hydrogen) atoms. The van der Waals surface area contributed by atoms with E-state index < -0.39 is 5.92 Å². The second-order valence-corrected chi connectivity index (χ2v) is 6.14. The number of phenolic OH excluding ortho intramolecular Hbond substituents is 1. The summed E-state index contributed by atoms with van der Waals surface area (Å²) in [5.41, 5.74) is 2.10. The maximum Gasteiger partial charge on any atom is 0.232 e. The molecule has 0 radical (unpaired) electrons. The van der Waals surface area contributed by atoms with Gasteiger partial charge in [-0.15, -0.1) is 0 Å². The molecule has 1 aliphatic rings. The number of carbonyl (C=O) groups excluding carboxylic acids is 1. The SMILES string of the molecule is COc1cc(C2C(=O)NCc3c2cc(OC)c(OC)c3OC)cc(OC)c1O.